The molecule has 24 heavy (non-hydrogen) atoms. The molecule has 0 spiro atoms. The number of nitrogens with two attached hydrogens (primary N) is 1. The lowest BCUT2D eigenvalue weighted by Crippen LogP contribution is -2.25. The summed E-state index contributed by atoms with van der Waals surface area (Å²) in [5, 5.41) is 0. The molecule has 128 valence electrons. The first-order valence-corrected chi connectivity index (χ1v) is 9.03. The van der Waals surface area contributed by atoms with Crippen LogP contribution >= 0.6 is 0 Å². The highest BCUT2D eigenvalue weighted by Gasteiger charge is 2.56. The van der Waals surface area contributed by atoms with Gasteiger partial charge in [-0.25, -0.2) is 9.97 Å². The largest absolute Gasteiger partial charge is 0.383 e. The normalized spacial score (nSPS) is 26.1. The number of nitrogen functional groups attached to an aromatic ring is 1. The summed E-state index contributed by atoms with van der Waals surface area (Å²) in [4.78, 5) is 11.8. The van der Waals surface area contributed by atoms with Crippen LogP contribution in [0.5, 0.6) is 0 Å². The maximum atomic E-state index is 5.86. The SMILES string of the molecule is CCN1C[C@@H]2[C@H](C1)[C@H]2n1cc(-c2cnc(N)c(C)c2)nc1C(C)C. The minimum atomic E-state index is 0.421. The molecule has 2 aromatic heterocycles. The fourth-order valence-corrected chi connectivity index (χ4v) is 4.19. The zero-order chi connectivity index (χ0) is 17.0. The molecule has 3 atom stereocenters. The van der Waals surface area contributed by atoms with Crippen molar-refractivity contribution in [1.82, 2.24) is 19.4 Å². The van der Waals surface area contributed by atoms with E-state index in [0.717, 1.165) is 28.7 Å². The van der Waals surface area contributed by atoms with Crippen LogP contribution in [0.2, 0.25) is 0 Å². The molecule has 0 radical (unpaired) electrons. The molecule has 2 aromatic rings. The number of piperidine rings is 1. The molecule has 2 aliphatic rings. The van der Waals surface area contributed by atoms with E-state index in [1.165, 1.54) is 25.5 Å². The summed E-state index contributed by atoms with van der Waals surface area (Å²) in [6.45, 7) is 12.3. The Balaban J connectivity index is 1.66. The Morgan fingerprint density at radius 2 is 2.00 bits per heavy atom. The number of aryl methyl sites for hydroxylation is 1. The Kier molecular flexibility index (Phi) is 3.64. The van der Waals surface area contributed by atoms with Crippen molar-refractivity contribution in [2.75, 3.05) is 25.4 Å². The zero-order valence-electron chi connectivity index (χ0n) is 15.0. The summed E-state index contributed by atoms with van der Waals surface area (Å²) in [5.41, 5.74) is 8.94. The first kappa shape index (κ1) is 15.6. The van der Waals surface area contributed by atoms with Gasteiger partial charge in [-0.05, 0) is 36.9 Å². The highest BCUT2D eigenvalue weighted by molar-refractivity contribution is 5.61. The molecule has 2 N–H and O–H groups in total. The average molecular weight is 325 g/mol. The Bertz CT molecular complexity index is 751. The van der Waals surface area contributed by atoms with Crippen molar-refractivity contribution in [2.45, 2.75) is 39.7 Å². The molecule has 5 nitrogen and oxygen atoms in total. The number of nitrogens with zero attached hydrogens (tertiary/aromatic N) is 4. The van der Waals surface area contributed by atoms with Gasteiger partial charge in [0.1, 0.15) is 11.6 Å². The first-order chi connectivity index (χ1) is 11.5. The Morgan fingerprint density at radius 1 is 1.29 bits per heavy atom. The minimum Gasteiger partial charge on any atom is -0.383 e. The predicted molar refractivity (Wildman–Crippen MR) is 96.8 cm³/mol. The number of pyridine rings is 1. The number of hydrogen-bond donors (Lipinski definition) is 1. The van der Waals surface area contributed by atoms with Crippen LogP contribution in [0.1, 0.15) is 44.1 Å². The second kappa shape index (κ2) is 5.59. The molecule has 3 heterocycles. The molecule has 1 aliphatic heterocycles. The third kappa shape index (κ3) is 2.42. The Morgan fingerprint density at radius 3 is 2.58 bits per heavy atom. The molecule has 2 fully saturated rings. The molecule has 0 unspecified atom stereocenters. The van der Waals surface area contributed by atoms with Gasteiger partial charge < -0.3 is 15.2 Å². The molecule has 0 bridgehead atoms. The number of aromatic nitrogens is 3. The second-order valence-electron chi connectivity index (χ2n) is 7.64. The van der Waals surface area contributed by atoms with Gasteiger partial charge in [-0.1, -0.05) is 20.8 Å². The van der Waals surface area contributed by atoms with E-state index in [1.54, 1.807) is 0 Å². The van der Waals surface area contributed by atoms with E-state index in [0.29, 0.717) is 17.8 Å². The number of likely N-dealkylation sites (tertiary alicyclic amines) is 1. The van der Waals surface area contributed by atoms with E-state index >= 15 is 0 Å². The van der Waals surface area contributed by atoms with E-state index in [-0.39, 0.29) is 0 Å². The molecule has 0 amide bonds. The minimum absolute atomic E-state index is 0.421. The topological polar surface area (TPSA) is 60.0 Å². The number of rotatable bonds is 4. The highest BCUT2D eigenvalue weighted by atomic mass is 15.2. The van der Waals surface area contributed by atoms with E-state index in [9.17, 15) is 0 Å². The van der Waals surface area contributed by atoms with Crippen molar-refractivity contribution in [2.24, 2.45) is 11.8 Å². The van der Waals surface area contributed by atoms with Gasteiger partial charge in [-0.3, -0.25) is 0 Å². The van der Waals surface area contributed by atoms with Crippen molar-refractivity contribution in [3.05, 3.63) is 29.8 Å². The number of imidazole rings is 1. The molecular weight excluding hydrogens is 298 g/mol. The van der Waals surface area contributed by atoms with Crippen LogP contribution in [0.3, 0.4) is 0 Å². The van der Waals surface area contributed by atoms with E-state index in [4.69, 9.17) is 10.7 Å². The summed E-state index contributed by atoms with van der Waals surface area (Å²) >= 11 is 0. The maximum absolute atomic E-state index is 5.86. The summed E-state index contributed by atoms with van der Waals surface area (Å²) in [5.74, 6) is 3.82. The number of anilines is 1. The summed E-state index contributed by atoms with van der Waals surface area (Å²) in [6.07, 6.45) is 4.08. The molecule has 0 aromatic carbocycles. The lowest BCUT2D eigenvalue weighted by atomic mass is 10.1. The van der Waals surface area contributed by atoms with Gasteiger partial charge in [-0.15, -0.1) is 0 Å². The number of hydrogen-bond acceptors (Lipinski definition) is 4. The van der Waals surface area contributed by atoms with Crippen molar-refractivity contribution >= 4 is 5.82 Å². The highest BCUT2D eigenvalue weighted by Crippen LogP contribution is 2.56. The van der Waals surface area contributed by atoms with Crippen LogP contribution < -0.4 is 5.73 Å². The summed E-state index contributed by atoms with van der Waals surface area (Å²) in [6, 6.07) is 2.72. The molecule has 5 heteroatoms. The van der Waals surface area contributed by atoms with Gasteiger partial charge in [0.2, 0.25) is 0 Å². The van der Waals surface area contributed by atoms with Gasteiger partial charge in [0, 0.05) is 43.0 Å². The molecule has 1 aliphatic carbocycles. The van der Waals surface area contributed by atoms with E-state index in [2.05, 4.69) is 47.5 Å². The van der Waals surface area contributed by atoms with Crippen molar-refractivity contribution in [3.8, 4) is 11.3 Å². The van der Waals surface area contributed by atoms with Crippen LogP contribution in [-0.4, -0.2) is 39.1 Å². The average Bonchev–Trinajstić information content (AvgIpc) is 2.94. The Hall–Kier alpha value is -1.88. The van der Waals surface area contributed by atoms with Crippen molar-refractivity contribution < 1.29 is 0 Å². The van der Waals surface area contributed by atoms with E-state index in [1.807, 2.05) is 13.1 Å². The molecule has 1 saturated carbocycles. The fraction of sp³-hybridized carbons (Fsp3) is 0.579. The van der Waals surface area contributed by atoms with Crippen molar-refractivity contribution in [3.63, 3.8) is 0 Å². The van der Waals surface area contributed by atoms with Gasteiger partial charge >= 0.3 is 0 Å². The summed E-state index contributed by atoms with van der Waals surface area (Å²) in [7, 11) is 0. The molecule has 4 rings (SSSR count). The van der Waals surface area contributed by atoms with Crippen molar-refractivity contribution in [1.29, 1.82) is 0 Å². The summed E-state index contributed by atoms with van der Waals surface area (Å²) < 4.78 is 2.45. The van der Waals surface area contributed by atoms with Crippen LogP contribution in [0.25, 0.3) is 11.3 Å². The van der Waals surface area contributed by atoms with Crippen LogP contribution in [-0.2, 0) is 0 Å². The molecule has 1 saturated heterocycles. The third-order valence-electron chi connectivity index (χ3n) is 5.68. The van der Waals surface area contributed by atoms with Crippen LogP contribution in [0.15, 0.2) is 18.5 Å². The van der Waals surface area contributed by atoms with Crippen LogP contribution in [0, 0.1) is 18.8 Å². The lowest BCUT2D eigenvalue weighted by molar-refractivity contribution is 0.297. The standard InChI is InChI=1S/C19H27N5/c1-5-23-8-14-15(9-23)17(14)24-10-16(22-19(24)11(2)3)13-6-12(4)18(20)21-7-13/h6-7,10-11,14-15,17H,5,8-9H2,1-4H3,(H2,20,21)/t14-,15+,17+. The van der Waals surface area contributed by atoms with E-state index < -0.39 is 0 Å². The van der Waals surface area contributed by atoms with Gasteiger partial charge in [0.15, 0.2) is 0 Å². The lowest BCUT2D eigenvalue weighted by Gasteiger charge is -2.19. The smallest absolute Gasteiger partial charge is 0.126 e. The quantitative estimate of drug-likeness (QED) is 0.938. The second-order valence-corrected chi connectivity index (χ2v) is 7.64. The zero-order valence-corrected chi connectivity index (χ0v) is 15.0. The van der Waals surface area contributed by atoms with Gasteiger partial charge in [-0.2, -0.15) is 0 Å². The fourth-order valence-electron chi connectivity index (χ4n) is 4.19. The monoisotopic (exact) mass is 325 g/mol. The Labute approximate surface area is 143 Å². The first-order valence-electron chi connectivity index (χ1n) is 9.03. The molecular formula is C19H27N5. The number of fused-ring (bicyclic) bond motifs is 1. The predicted octanol–water partition coefficient (Wildman–Crippen LogP) is 3.08. The van der Waals surface area contributed by atoms with Gasteiger partial charge in [0.25, 0.3) is 0 Å². The van der Waals surface area contributed by atoms with Gasteiger partial charge in [0.05, 0.1) is 5.69 Å². The third-order valence-corrected chi connectivity index (χ3v) is 5.68. The van der Waals surface area contributed by atoms with Crippen LogP contribution in [0.4, 0.5) is 5.82 Å². The maximum Gasteiger partial charge on any atom is 0.126 e.